The average Bonchev–Trinajstić information content (AvgIpc) is 2.72. The third-order valence-electron chi connectivity index (χ3n) is 3.58. The van der Waals surface area contributed by atoms with Gasteiger partial charge in [-0.2, -0.15) is 0 Å². The van der Waals surface area contributed by atoms with E-state index < -0.39 is 5.41 Å². The Bertz CT molecular complexity index is 629. The van der Waals surface area contributed by atoms with E-state index in [9.17, 15) is 4.79 Å². The number of aryl methyl sites for hydroxylation is 1. The first kappa shape index (κ1) is 12.2. The lowest BCUT2D eigenvalue weighted by Gasteiger charge is -2.38. The minimum atomic E-state index is -0.516. The highest BCUT2D eigenvalue weighted by atomic mass is 16.5. The summed E-state index contributed by atoms with van der Waals surface area (Å²) < 4.78 is 10.1. The number of nitrogens with one attached hydrogen (secondary N) is 1. The SMILES string of the molecule is COC(=O)C1(Cc2ccc3nc(C)[nH]c3c2)COC1. The van der Waals surface area contributed by atoms with Crippen LogP contribution in [0.3, 0.4) is 0 Å². The van der Waals surface area contributed by atoms with E-state index in [1.54, 1.807) is 0 Å². The molecule has 1 aromatic carbocycles. The summed E-state index contributed by atoms with van der Waals surface area (Å²) >= 11 is 0. The maximum atomic E-state index is 11.9. The van der Waals surface area contributed by atoms with Gasteiger partial charge < -0.3 is 14.5 Å². The van der Waals surface area contributed by atoms with Crippen molar-refractivity contribution in [2.24, 2.45) is 5.41 Å². The van der Waals surface area contributed by atoms with Crippen LogP contribution in [-0.4, -0.2) is 36.3 Å². The van der Waals surface area contributed by atoms with Crippen LogP contribution in [0.1, 0.15) is 11.4 Å². The molecule has 1 saturated heterocycles. The zero-order valence-corrected chi connectivity index (χ0v) is 11.0. The molecule has 0 aliphatic carbocycles. The van der Waals surface area contributed by atoms with E-state index in [0.717, 1.165) is 22.4 Å². The molecule has 5 nitrogen and oxygen atoms in total. The Balaban J connectivity index is 1.89. The lowest BCUT2D eigenvalue weighted by Crippen LogP contribution is -2.51. The van der Waals surface area contributed by atoms with Gasteiger partial charge in [-0.05, 0) is 31.0 Å². The summed E-state index contributed by atoms with van der Waals surface area (Å²) in [6.45, 7) is 2.79. The summed E-state index contributed by atoms with van der Waals surface area (Å²) in [4.78, 5) is 19.4. The molecular weight excluding hydrogens is 244 g/mol. The molecule has 2 heterocycles. The average molecular weight is 260 g/mol. The Kier molecular flexibility index (Phi) is 2.78. The van der Waals surface area contributed by atoms with Crippen LogP contribution in [0.5, 0.6) is 0 Å². The molecule has 0 spiro atoms. The van der Waals surface area contributed by atoms with E-state index in [1.807, 2.05) is 25.1 Å². The lowest BCUT2D eigenvalue weighted by atomic mass is 9.80. The molecular formula is C14H16N2O3. The number of H-pyrrole nitrogens is 1. The maximum absolute atomic E-state index is 11.9. The van der Waals surface area contributed by atoms with Gasteiger partial charge in [0.2, 0.25) is 0 Å². The van der Waals surface area contributed by atoms with Crippen molar-refractivity contribution >= 4 is 17.0 Å². The van der Waals surface area contributed by atoms with Crippen LogP contribution in [0.25, 0.3) is 11.0 Å². The van der Waals surface area contributed by atoms with Gasteiger partial charge in [0.15, 0.2) is 0 Å². The van der Waals surface area contributed by atoms with Crippen molar-refractivity contribution in [3.05, 3.63) is 29.6 Å². The molecule has 1 aromatic heterocycles. The summed E-state index contributed by atoms with van der Waals surface area (Å²) in [6, 6.07) is 6.02. The number of ether oxygens (including phenoxy) is 2. The molecule has 1 aliphatic heterocycles. The highest BCUT2D eigenvalue weighted by Gasteiger charge is 2.47. The number of hydrogen-bond donors (Lipinski definition) is 1. The van der Waals surface area contributed by atoms with Gasteiger partial charge in [0.1, 0.15) is 11.2 Å². The number of aromatic amines is 1. The van der Waals surface area contributed by atoms with Crippen LogP contribution >= 0.6 is 0 Å². The van der Waals surface area contributed by atoms with Gasteiger partial charge in [-0.25, -0.2) is 4.98 Å². The number of benzene rings is 1. The number of carbonyl (C=O) groups is 1. The van der Waals surface area contributed by atoms with Crippen molar-refractivity contribution in [1.82, 2.24) is 9.97 Å². The summed E-state index contributed by atoms with van der Waals surface area (Å²) in [5.41, 5.74) is 2.51. The van der Waals surface area contributed by atoms with Gasteiger partial charge in [-0.1, -0.05) is 6.07 Å². The van der Waals surface area contributed by atoms with Crippen LogP contribution in [-0.2, 0) is 20.7 Å². The van der Waals surface area contributed by atoms with Gasteiger partial charge in [0.25, 0.3) is 0 Å². The van der Waals surface area contributed by atoms with Crippen molar-refractivity contribution < 1.29 is 14.3 Å². The third kappa shape index (κ3) is 2.00. The number of imidazole rings is 1. The number of rotatable bonds is 3. The highest BCUT2D eigenvalue weighted by Crippen LogP contribution is 2.33. The van der Waals surface area contributed by atoms with Crippen LogP contribution in [0.2, 0.25) is 0 Å². The molecule has 5 heteroatoms. The van der Waals surface area contributed by atoms with E-state index >= 15 is 0 Å². The number of hydrogen-bond acceptors (Lipinski definition) is 4. The topological polar surface area (TPSA) is 64.2 Å². The Hall–Kier alpha value is -1.88. The zero-order chi connectivity index (χ0) is 13.5. The predicted molar refractivity (Wildman–Crippen MR) is 69.8 cm³/mol. The van der Waals surface area contributed by atoms with Gasteiger partial charge in [-0.15, -0.1) is 0 Å². The first-order chi connectivity index (χ1) is 9.13. The number of aromatic nitrogens is 2. The minimum absolute atomic E-state index is 0.195. The standard InChI is InChI=1S/C14H16N2O3/c1-9-15-11-4-3-10(5-12(11)16-9)6-14(7-19-8-14)13(17)18-2/h3-5H,6-8H2,1-2H3,(H,15,16). The Morgan fingerprint density at radius 1 is 1.53 bits per heavy atom. The summed E-state index contributed by atoms with van der Waals surface area (Å²) in [5.74, 6) is 0.696. The Morgan fingerprint density at radius 2 is 2.32 bits per heavy atom. The fourth-order valence-corrected chi connectivity index (χ4v) is 2.54. The number of fused-ring (bicyclic) bond motifs is 1. The molecule has 19 heavy (non-hydrogen) atoms. The van der Waals surface area contributed by atoms with E-state index in [4.69, 9.17) is 9.47 Å². The van der Waals surface area contributed by atoms with Gasteiger partial charge in [0, 0.05) is 0 Å². The molecule has 2 aromatic rings. The molecule has 1 N–H and O–H groups in total. The molecule has 0 amide bonds. The van der Waals surface area contributed by atoms with E-state index in [-0.39, 0.29) is 5.97 Å². The lowest BCUT2D eigenvalue weighted by molar-refractivity contribution is -0.182. The fourth-order valence-electron chi connectivity index (χ4n) is 2.54. The first-order valence-electron chi connectivity index (χ1n) is 6.24. The largest absolute Gasteiger partial charge is 0.468 e. The summed E-state index contributed by atoms with van der Waals surface area (Å²) in [7, 11) is 1.42. The Morgan fingerprint density at radius 3 is 2.95 bits per heavy atom. The number of methoxy groups -OCH3 is 1. The van der Waals surface area contributed by atoms with Crippen LogP contribution in [0.15, 0.2) is 18.2 Å². The van der Waals surface area contributed by atoms with Crippen molar-refractivity contribution in [2.75, 3.05) is 20.3 Å². The van der Waals surface area contributed by atoms with E-state index in [2.05, 4.69) is 9.97 Å². The van der Waals surface area contributed by atoms with Crippen molar-refractivity contribution in [2.45, 2.75) is 13.3 Å². The smallest absolute Gasteiger partial charge is 0.316 e. The van der Waals surface area contributed by atoms with Crippen LogP contribution < -0.4 is 0 Å². The normalized spacial score (nSPS) is 17.2. The quantitative estimate of drug-likeness (QED) is 0.851. The second-order valence-corrected chi connectivity index (χ2v) is 5.12. The fraction of sp³-hybridized carbons (Fsp3) is 0.429. The molecule has 0 saturated carbocycles. The van der Waals surface area contributed by atoms with E-state index in [1.165, 1.54) is 7.11 Å². The van der Waals surface area contributed by atoms with Gasteiger partial charge in [0.05, 0.1) is 31.4 Å². The highest BCUT2D eigenvalue weighted by molar-refractivity contribution is 5.79. The second kappa shape index (κ2) is 4.35. The van der Waals surface area contributed by atoms with Crippen molar-refractivity contribution in [3.8, 4) is 0 Å². The molecule has 0 bridgehead atoms. The van der Waals surface area contributed by atoms with E-state index in [0.29, 0.717) is 19.6 Å². The number of nitrogens with zero attached hydrogens (tertiary/aromatic N) is 1. The van der Waals surface area contributed by atoms with Crippen LogP contribution in [0.4, 0.5) is 0 Å². The molecule has 3 rings (SSSR count). The summed E-state index contributed by atoms with van der Waals surface area (Å²) in [6.07, 6.45) is 0.633. The molecule has 0 atom stereocenters. The Labute approximate surface area is 110 Å². The van der Waals surface area contributed by atoms with Crippen LogP contribution in [0, 0.1) is 12.3 Å². The van der Waals surface area contributed by atoms with Crippen molar-refractivity contribution in [3.63, 3.8) is 0 Å². The summed E-state index contributed by atoms with van der Waals surface area (Å²) in [5, 5.41) is 0. The second-order valence-electron chi connectivity index (χ2n) is 5.12. The maximum Gasteiger partial charge on any atom is 0.316 e. The van der Waals surface area contributed by atoms with Gasteiger partial charge >= 0.3 is 5.97 Å². The molecule has 1 aliphatic rings. The van der Waals surface area contributed by atoms with Gasteiger partial charge in [-0.3, -0.25) is 4.79 Å². The van der Waals surface area contributed by atoms with Crippen molar-refractivity contribution in [1.29, 1.82) is 0 Å². The molecule has 0 unspecified atom stereocenters. The third-order valence-corrected chi connectivity index (χ3v) is 3.58. The monoisotopic (exact) mass is 260 g/mol. The predicted octanol–water partition coefficient (Wildman–Crippen LogP) is 1.60. The minimum Gasteiger partial charge on any atom is -0.468 e. The molecule has 1 fully saturated rings. The number of esters is 1. The zero-order valence-electron chi connectivity index (χ0n) is 11.0. The number of carbonyl (C=O) groups excluding carboxylic acids is 1. The molecule has 0 radical (unpaired) electrons. The molecule has 100 valence electrons. The first-order valence-corrected chi connectivity index (χ1v) is 6.24.